The van der Waals surface area contributed by atoms with Gasteiger partial charge in [-0.3, -0.25) is 4.79 Å². The molecule has 2 heterocycles. The Bertz CT molecular complexity index is 1020. The van der Waals surface area contributed by atoms with Crippen molar-refractivity contribution >= 4 is 28.1 Å². The van der Waals surface area contributed by atoms with Crippen molar-refractivity contribution in [2.75, 3.05) is 49.1 Å². The Morgan fingerprint density at radius 1 is 0.788 bits per heavy atom. The lowest BCUT2D eigenvalue weighted by molar-refractivity contribution is -0.138. The van der Waals surface area contributed by atoms with Gasteiger partial charge in [0.25, 0.3) is 5.91 Å². The van der Waals surface area contributed by atoms with Crippen molar-refractivity contribution in [2.45, 2.75) is 38.0 Å². The molecule has 4 rings (SSSR count). The average molecular weight is 473 g/mol. The molecule has 10 heteroatoms. The summed E-state index contributed by atoms with van der Waals surface area (Å²) in [6, 6.07) is 8.96. The van der Waals surface area contributed by atoms with E-state index in [1.807, 2.05) is 17.0 Å². The van der Waals surface area contributed by atoms with Crippen LogP contribution in [0, 0.1) is 0 Å². The van der Waals surface area contributed by atoms with Crippen LogP contribution in [0.1, 0.15) is 36.0 Å². The highest BCUT2D eigenvalue weighted by atomic mass is 19.4. The monoisotopic (exact) mass is 473 g/mol. The highest BCUT2D eigenvalue weighted by molar-refractivity contribution is 6.26. The fourth-order valence-corrected chi connectivity index (χ4v) is 4.69. The van der Waals surface area contributed by atoms with Crippen molar-refractivity contribution in [2.24, 2.45) is 0 Å². The molecule has 4 nitrogen and oxygen atoms in total. The van der Waals surface area contributed by atoms with Crippen LogP contribution in [-0.2, 0) is 0 Å². The quantitative estimate of drug-likeness (QED) is 0.511. The lowest BCUT2D eigenvalue weighted by Gasteiger charge is -2.26. The lowest BCUT2D eigenvalue weighted by atomic mass is 10.0. The zero-order chi connectivity index (χ0) is 23.8. The minimum atomic E-state index is -4.27. The van der Waals surface area contributed by atoms with Crippen molar-refractivity contribution in [3.8, 4) is 0 Å². The lowest BCUT2D eigenvalue weighted by Crippen LogP contribution is -2.33. The van der Waals surface area contributed by atoms with E-state index in [0.717, 1.165) is 16.5 Å². The number of alkyl halides is 6. The van der Waals surface area contributed by atoms with Crippen molar-refractivity contribution in [1.29, 1.82) is 0 Å². The SMILES string of the molecule is O=C1c2cccc3c(N4CCCN(CCC(F)(F)F)CC4)ccc(c23)N1CCCC(F)(F)F. The summed E-state index contributed by atoms with van der Waals surface area (Å²) in [4.78, 5) is 18.3. The van der Waals surface area contributed by atoms with Gasteiger partial charge >= 0.3 is 12.4 Å². The van der Waals surface area contributed by atoms with Crippen LogP contribution in [0.15, 0.2) is 30.3 Å². The third-order valence-electron chi connectivity index (χ3n) is 6.24. The fraction of sp³-hybridized carbons (Fsp3) is 0.522. The Kier molecular flexibility index (Phi) is 6.48. The maximum Gasteiger partial charge on any atom is 0.390 e. The van der Waals surface area contributed by atoms with Gasteiger partial charge in [0.15, 0.2) is 0 Å². The predicted octanol–water partition coefficient (Wildman–Crippen LogP) is 5.61. The zero-order valence-corrected chi connectivity index (χ0v) is 18.0. The van der Waals surface area contributed by atoms with Crippen LogP contribution < -0.4 is 9.80 Å². The summed E-state index contributed by atoms with van der Waals surface area (Å²) in [5.41, 5.74) is 1.97. The number of hydrogen-bond acceptors (Lipinski definition) is 3. The van der Waals surface area contributed by atoms with E-state index in [1.54, 1.807) is 18.2 Å². The molecule has 0 atom stereocenters. The van der Waals surface area contributed by atoms with Crippen molar-refractivity contribution < 1.29 is 31.1 Å². The molecule has 2 aliphatic heterocycles. The number of rotatable bonds is 6. The molecule has 2 aromatic rings. The second-order valence-corrected chi connectivity index (χ2v) is 8.55. The minimum Gasteiger partial charge on any atom is -0.370 e. The van der Waals surface area contributed by atoms with Crippen LogP contribution in [0.4, 0.5) is 37.7 Å². The Labute approximate surface area is 187 Å². The molecule has 0 N–H and O–H groups in total. The van der Waals surface area contributed by atoms with Crippen molar-refractivity contribution in [1.82, 2.24) is 4.90 Å². The topological polar surface area (TPSA) is 26.8 Å². The molecule has 33 heavy (non-hydrogen) atoms. The van der Waals surface area contributed by atoms with E-state index in [0.29, 0.717) is 43.9 Å². The van der Waals surface area contributed by atoms with Crippen molar-refractivity contribution in [3.05, 3.63) is 35.9 Å². The number of benzene rings is 2. The maximum absolute atomic E-state index is 12.9. The summed E-state index contributed by atoms with van der Waals surface area (Å²) in [5.74, 6) is -0.302. The average Bonchev–Trinajstić information content (AvgIpc) is 2.89. The van der Waals surface area contributed by atoms with E-state index in [1.165, 1.54) is 4.90 Å². The van der Waals surface area contributed by atoms with E-state index >= 15 is 0 Å². The zero-order valence-electron chi connectivity index (χ0n) is 18.0. The minimum absolute atomic E-state index is 0.0145. The van der Waals surface area contributed by atoms with E-state index in [9.17, 15) is 31.1 Å². The first-order valence-electron chi connectivity index (χ1n) is 11.0. The summed E-state index contributed by atoms with van der Waals surface area (Å²) in [6.45, 7) is 2.27. The van der Waals surface area contributed by atoms with Gasteiger partial charge < -0.3 is 14.7 Å². The van der Waals surface area contributed by atoms with Gasteiger partial charge in [0, 0.05) is 61.2 Å². The molecule has 0 aliphatic carbocycles. The number of hydrogen-bond donors (Lipinski definition) is 0. The molecule has 1 saturated heterocycles. The number of halogens is 6. The Balaban J connectivity index is 1.54. The molecule has 2 aliphatic rings. The standard InChI is InChI=1S/C23H25F6N3O/c24-22(25,26)8-2-12-32-19-7-6-18(16-4-1-5-17(20(16)19)21(32)33)31-11-3-10-30(14-15-31)13-9-23(27,28)29/h1,4-7H,2-3,8-15H2. The Hall–Kier alpha value is -2.49. The number of anilines is 2. The van der Waals surface area contributed by atoms with Crippen LogP contribution >= 0.6 is 0 Å². The molecule has 1 amide bonds. The van der Waals surface area contributed by atoms with Gasteiger partial charge in [-0.1, -0.05) is 12.1 Å². The highest BCUT2D eigenvalue weighted by Crippen LogP contribution is 2.42. The first kappa shape index (κ1) is 23.7. The number of carbonyl (C=O) groups excluding carboxylic acids is 1. The Morgan fingerprint density at radius 2 is 1.52 bits per heavy atom. The van der Waals surface area contributed by atoms with Crippen LogP contribution in [0.2, 0.25) is 0 Å². The highest BCUT2D eigenvalue weighted by Gasteiger charge is 2.33. The van der Waals surface area contributed by atoms with Gasteiger partial charge in [-0.15, -0.1) is 0 Å². The van der Waals surface area contributed by atoms with E-state index < -0.39 is 25.2 Å². The molecule has 0 radical (unpaired) electrons. The first-order valence-corrected chi connectivity index (χ1v) is 11.0. The van der Waals surface area contributed by atoms with Gasteiger partial charge in [0.1, 0.15) is 0 Å². The molecule has 2 aromatic carbocycles. The first-order chi connectivity index (χ1) is 15.5. The smallest absolute Gasteiger partial charge is 0.370 e. The second-order valence-electron chi connectivity index (χ2n) is 8.55. The number of carbonyl (C=O) groups is 1. The molecule has 1 fully saturated rings. The largest absolute Gasteiger partial charge is 0.390 e. The molecule has 0 spiro atoms. The number of nitrogens with zero attached hydrogens (tertiary/aromatic N) is 3. The summed E-state index contributed by atoms with van der Waals surface area (Å²) in [7, 11) is 0. The number of amides is 1. The molecule has 0 unspecified atom stereocenters. The second kappa shape index (κ2) is 9.04. The predicted molar refractivity (Wildman–Crippen MR) is 115 cm³/mol. The van der Waals surface area contributed by atoms with Gasteiger partial charge in [0.2, 0.25) is 0 Å². The van der Waals surface area contributed by atoms with Gasteiger partial charge in [0.05, 0.1) is 12.1 Å². The molecule has 0 bridgehead atoms. The summed E-state index contributed by atoms with van der Waals surface area (Å²) in [5, 5.41) is 1.56. The van der Waals surface area contributed by atoms with Crippen LogP contribution in [0.25, 0.3) is 10.8 Å². The molecular formula is C23H25F6N3O. The van der Waals surface area contributed by atoms with E-state index in [2.05, 4.69) is 4.90 Å². The third-order valence-corrected chi connectivity index (χ3v) is 6.24. The fourth-order valence-electron chi connectivity index (χ4n) is 4.69. The summed E-state index contributed by atoms with van der Waals surface area (Å²) in [6.07, 6.45) is -9.69. The van der Waals surface area contributed by atoms with Crippen LogP contribution in [0.3, 0.4) is 0 Å². The molecular weight excluding hydrogens is 448 g/mol. The maximum atomic E-state index is 12.9. The van der Waals surface area contributed by atoms with Gasteiger partial charge in [-0.2, -0.15) is 26.3 Å². The normalized spacial score (nSPS) is 17.8. The van der Waals surface area contributed by atoms with Crippen LogP contribution in [0.5, 0.6) is 0 Å². The Morgan fingerprint density at radius 3 is 2.24 bits per heavy atom. The molecule has 0 saturated carbocycles. The van der Waals surface area contributed by atoms with Crippen LogP contribution in [-0.4, -0.2) is 62.4 Å². The van der Waals surface area contributed by atoms with Crippen molar-refractivity contribution in [3.63, 3.8) is 0 Å². The van der Waals surface area contributed by atoms with Gasteiger partial charge in [-0.05, 0) is 37.6 Å². The van der Waals surface area contributed by atoms with Gasteiger partial charge in [-0.25, -0.2) is 0 Å². The van der Waals surface area contributed by atoms with E-state index in [4.69, 9.17) is 0 Å². The molecule has 180 valence electrons. The summed E-state index contributed by atoms with van der Waals surface area (Å²) < 4.78 is 75.5. The summed E-state index contributed by atoms with van der Waals surface area (Å²) >= 11 is 0. The molecule has 0 aromatic heterocycles. The third kappa shape index (κ3) is 5.37. The van der Waals surface area contributed by atoms with E-state index in [-0.39, 0.29) is 25.4 Å².